The molecule has 15 heteroatoms. The number of aromatic nitrogens is 8. The van der Waals surface area contributed by atoms with Crippen LogP contribution >= 0.6 is 54.5 Å². The standard InChI is InChI=1S/C11H12BrN5O.C6H6IN3.C5H5BrN2O/c1-3-17-6-7(9(4-13)14-17)10(18)8-5-16(2)15-11(8)12;1-2-10-4-5(7)6(3-8)9-10;1-8-2-4(3-9)5(6)7-8/h5-6,10,18H,3H2,1-2H3;4H,2H2,1H3;2-3H,1H3. The summed E-state index contributed by atoms with van der Waals surface area (Å²) in [6.45, 7) is 5.38. The SMILES string of the molecule is CCn1cc(C(O)c2cn(C)nc2Br)c(C#N)n1.CCn1cc(I)c(C#N)n1.Cn1cc(C=O)c(Br)n1. The van der Waals surface area contributed by atoms with Crippen molar-refractivity contribution < 1.29 is 9.90 Å². The molecule has 1 N–H and O–H groups in total. The molecule has 4 aromatic rings. The molecule has 1 unspecified atom stereocenters. The van der Waals surface area contributed by atoms with E-state index in [1.54, 1.807) is 51.4 Å². The van der Waals surface area contributed by atoms with Crippen LogP contribution in [0.2, 0.25) is 0 Å². The van der Waals surface area contributed by atoms with Crippen molar-refractivity contribution >= 4 is 60.7 Å². The largest absolute Gasteiger partial charge is 0.383 e. The summed E-state index contributed by atoms with van der Waals surface area (Å²) in [6.07, 6.45) is 6.75. The predicted octanol–water partition coefficient (Wildman–Crippen LogP) is 3.73. The maximum absolute atomic E-state index is 10.3. The van der Waals surface area contributed by atoms with Crippen LogP contribution in [0.15, 0.2) is 34.0 Å². The summed E-state index contributed by atoms with van der Waals surface area (Å²) < 4.78 is 8.63. The minimum atomic E-state index is -0.914. The van der Waals surface area contributed by atoms with E-state index < -0.39 is 6.10 Å². The van der Waals surface area contributed by atoms with Crippen LogP contribution in [0, 0.1) is 26.2 Å². The first kappa shape index (κ1) is 30.4. The van der Waals surface area contributed by atoms with E-state index in [0.29, 0.717) is 38.1 Å². The lowest BCUT2D eigenvalue weighted by Gasteiger charge is -2.06. The van der Waals surface area contributed by atoms with Crippen LogP contribution in [0.5, 0.6) is 0 Å². The molecule has 12 nitrogen and oxygen atoms in total. The van der Waals surface area contributed by atoms with Crippen LogP contribution in [0.1, 0.15) is 52.8 Å². The fraction of sp³-hybridized carbons (Fsp3) is 0.318. The molecule has 0 saturated heterocycles. The summed E-state index contributed by atoms with van der Waals surface area (Å²) >= 11 is 8.50. The van der Waals surface area contributed by atoms with Crippen LogP contribution in [0.25, 0.3) is 0 Å². The number of aryl methyl sites for hydroxylation is 4. The third kappa shape index (κ3) is 8.06. The van der Waals surface area contributed by atoms with Gasteiger partial charge in [0.15, 0.2) is 17.7 Å². The van der Waals surface area contributed by atoms with Crippen molar-refractivity contribution in [2.75, 3.05) is 0 Å². The molecule has 0 aliphatic rings. The molecular weight excluding hydrogens is 723 g/mol. The molecule has 0 bridgehead atoms. The number of nitrogens with zero attached hydrogens (tertiary/aromatic N) is 10. The maximum Gasteiger partial charge on any atom is 0.175 e. The van der Waals surface area contributed by atoms with Gasteiger partial charge in [0.2, 0.25) is 0 Å². The Kier molecular flexibility index (Phi) is 11.6. The second kappa shape index (κ2) is 14.2. The van der Waals surface area contributed by atoms with Gasteiger partial charge >= 0.3 is 0 Å². The van der Waals surface area contributed by atoms with E-state index in [1.165, 1.54) is 0 Å². The number of halogens is 3. The summed E-state index contributed by atoms with van der Waals surface area (Å²) in [7, 11) is 3.53. The van der Waals surface area contributed by atoms with Gasteiger partial charge < -0.3 is 5.11 Å². The molecule has 4 rings (SSSR count). The quantitative estimate of drug-likeness (QED) is 0.240. The molecule has 0 amide bonds. The topological polar surface area (TPSA) is 156 Å². The van der Waals surface area contributed by atoms with Crippen molar-refractivity contribution in [2.24, 2.45) is 14.1 Å². The fourth-order valence-corrected chi connectivity index (χ4v) is 4.48. The Labute approximate surface area is 243 Å². The molecular formula is C22H23Br2IN10O2. The van der Waals surface area contributed by atoms with E-state index in [2.05, 4.69) is 74.8 Å². The Morgan fingerprint density at radius 2 is 1.46 bits per heavy atom. The van der Waals surface area contributed by atoms with Crippen LogP contribution in [-0.4, -0.2) is 50.5 Å². The van der Waals surface area contributed by atoms with Crippen LogP contribution in [-0.2, 0) is 27.2 Å². The molecule has 0 aromatic carbocycles. The average Bonchev–Trinajstić information content (AvgIpc) is 3.64. The highest BCUT2D eigenvalue weighted by atomic mass is 127. The average molecular weight is 746 g/mol. The van der Waals surface area contributed by atoms with Gasteiger partial charge in [-0.25, -0.2) is 0 Å². The van der Waals surface area contributed by atoms with Crippen molar-refractivity contribution in [1.29, 1.82) is 10.5 Å². The Morgan fingerprint density at radius 1 is 0.919 bits per heavy atom. The first-order chi connectivity index (χ1) is 17.6. The zero-order chi connectivity index (χ0) is 27.7. The highest BCUT2D eigenvalue weighted by molar-refractivity contribution is 14.1. The zero-order valence-corrected chi connectivity index (χ0v) is 25.7. The van der Waals surface area contributed by atoms with Crippen molar-refractivity contribution in [3.63, 3.8) is 0 Å². The van der Waals surface area contributed by atoms with Gasteiger partial charge in [-0.2, -0.15) is 30.9 Å². The highest BCUT2D eigenvalue weighted by Crippen LogP contribution is 2.29. The lowest BCUT2D eigenvalue weighted by molar-refractivity contribution is 0.112. The Balaban J connectivity index is 0.000000214. The first-order valence-corrected chi connectivity index (χ1v) is 13.4. The molecule has 0 aliphatic heterocycles. The van der Waals surface area contributed by atoms with Gasteiger partial charge in [-0.15, -0.1) is 0 Å². The third-order valence-corrected chi connectivity index (χ3v) is 6.72. The highest BCUT2D eigenvalue weighted by Gasteiger charge is 2.22. The number of aldehydes is 1. The van der Waals surface area contributed by atoms with Gasteiger partial charge in [0.25, 0.3) is 0 Å². The number of rotatable bonds is 5. The molecule has 37 heavy (non-hydrogen) atoms. The minimum Gasteiger partial charge on any atom is -0.383 e. The van der Waals surface area contributed by atoms with Gasteiger partial charge in [0.1, 0.15) is 27.4 Å². The molecule has 4 heterocycles. The molecule has 0 saturated carbocycles. The van der Waals surface area contributed by atoms with Crippen LogP contribution < -0.4 is 0 Å². The van der Waals surface area contributed by atoms with Gasteiger partial charge in [-0.05, 0) is 68.3 Å². The Morgan fingerprint density at radius 3 is 1.84 bits per heavy atom. The summed E-state index contributed by atoms with van der Waals surface area (Å²) in [5.74, 6) is 0. The first-order valence-electron chi connectivity index (χ1n) is 10.7. The van der Waals surface area contributed by atoms with Gasteiger partial charge in [-0.3, -0.25) is 23.5 Å². The number of hydrogen-bond donors (Lipinski definition) is 1. The number of carbonyl (C=O) groups is 1. The summed E-state index contributed by atoms with van der Waals surface area (Å²) in [5, 5.41) is 43.9. The predicted molar refractivity (Wildman–Crippen MR) is 149 cm³/mol. The number of aliphatic hydroxyl groups excluding tert-OH is 1. The Hall–Kier alpha value is -2.86. The van der Waals surface area contributed by atoms with E-state index in [-0.39, 0.29) is 5.69 Å². The van der Waals surface area contributed by atoms with Crippen molar-refractivity contribution in [3.8, 4) is 12.1 Å². The molecule has 194 valence electrons. The monoisotopic (exact) mass is 744 g/mol. The van der Waals surface area contributed by atoms with Gasteiger partial charge in [0, 0.05) is 63.1 Å². The third-order valence-electron chi connectivity index (χ3n) is 4.70. The smallest absolute Gasteiger partial charge is 0.175 e. The lowest BCUT2D eigenvalue weighted by atomic mass is 10.1. The second-order valence-electron chi connectivity index (χ2n) is 7.31. The summed E-state index contributed by atoms with van der Waals surface area (Å²) in [6, 6.07) is 4.00. The molecule has 0 fully saturated rings. The molecule has 0 spiro atoms. The van der Waals surface area contributed by atoms with Gasteiger partial charge in [0.05, 0.1) is 9.13 Å². The number of nitriles is 2. The second-order valence-corrected chi connectivity index (χ2v) is 9.98. The van der Waals surface area contributed by atoms with E-state index >= 15 is 0 Å². The van der Waals surface area contributed by atoms with Crippen LogP contribution in [0.4, 0.5) is 0 Å². The van der Waals surface area contributed by atoms with E-state index in [9.17, 15) is 9.90 Å². The maximum atomic E-state index is 10.3. The van der Waals surface area contributed by atoms with Crippen LogP contribution in [0.3, 0.4) is 0 Å². The molecule has 0 aliphatic carbocycles. The molecule has 0 radical (unpaired) electrons. The van der Waals surface area contributed by atoms with E-state index in [4.69, 9.17) is 10.5 Å². The van der Waals surface area contributed by atoms with Crippen molar-refractivity contribution in [3.05, 3.63) is 65.6 Å². The van der Waals surface area contributed by atoms with Gasteiger partial charge in [-0.1, -0.05) is 0 Å². The summed E-state index contributed by atoms with van der Waals surface area (Å²) in [4.78, 5) is 10.2. The normalized spacial score (nSPS) is 10.9. The number of hydrogen-bond acceptors (Lipinski definition) is 8. The number of carbonyl (C=O) groups excluding carboxylic acids is 1. The summed E-state index contributed by atoms with van der Waals surface area (Å²) in [5.41, 5.74) is 2.44. The fourth-order valence-electron chi connectivity index (χ4n) is 2.91. The molecule has 1 atom stereocenters. The van der Waals surface area contributed by atoms with Crippen molar-refractivity contribution in [1.82, 2.24) is 39.1 Å². The zero-order valence-electron chi connectivity index (χ0n) is 20.3. The Bertz CT molecular complexity index is 1440. The number of aliphatic hydroxyl groups is 1. The van der Waals surface area contributed by atoms with Crippen molar-refractivity contribution in [2.45, 2.75) is 33.0 Å². The van der Waals surface area contributed by atoms with E-state index in [1.807, 2.05) is 32.2 Å². The van der Waals surface area contributed by atoms with E-state index in [0.717, 1.165) is 16.4 Å². The lowest BCUT2D eigenvalue weighted by Crippen LogP contribution is -2.00. The molecule has 4 aromatic heterocycles. The minimum absolute atomic E-state index is 0.236.